The van der Waals surface area contributed by atoms with Crippen LogP contribution in [0.1, 0.15) is 29.5 Å². The van der Waals surface area contributed by atoms with Crippen molar-refractivity contribution in [1.29, 1.82) is 0 Å². The summed E-state index contributed by atoms with van der Waals surface area (Å²) >= 11 is 0. The minimum atomic E-state index is 0. The first kappa shape index (κ1) is 24.0. The fraction of sp³-hybridized carbons (Fsp3) is 0.391. The van der Waals surface area contributed by atoms with Gasteiger partial charge < -0.3 is 20.3 Å². The van der Waals surface area contributed by atoms with Gasteiger partial charge in [-0.25, -0.2) is 0 Å². The van der Waals surface area contributed by atoms with E-state index in [-0.39, 0.29) is 29.9 Å². The topological polar surface area (TPSA) is 66.0 Å². The molecular formula is C23H31IN4O2. The van der Waals surface area contributed by atoms with E-state index in [1.54, 1.807) is 7.05 Å². The van der Waals surface area contributed by atoms with E-state index >= 15 is 0 Å². The molecule has 2 aromatic carbocycles. The predicted octanol–water partition coefficient (Wildman–Crippen LogP) is 3.48. The molecule has 0 bridgehead atoms. The van der Waals surface area contributed by atoms with Crippen molar-refractivity contribution >= 4 is 35.8 Å². The summed E-state index contributed by atoms with van der Waals surface area (Å²) < 4.78 is 5.73. The van der Waals surface area contributed by atoms with Gasteiger partial charge in [-0.1, -0.05) is 42.0 Å². The van der Waals surface area contributed by atoms with E-state index < -0.39 is 0 Å². The zero-order valence-electron chi connectivity index (χ0n) is 17.7. The molecule has 162 valence electrons. The van der Waals surface area contributed by atoms with Crippen molar-refractivity contribution in [2.75, 3.05) is 26.7 Å². The number of halogens is 1. The molecule has 1 aliphatic rings. The fourth-order valence-corrected chi connectivity index (χ4v) is 3.31. The fourth-order valence-electron chi connectivity index (χ4n) is 3.31. The molecule has 1 amide bonds. The first-order chi connectivity index (χ1) is 14.1. The van der Waals surface area contributed by atoms with Crippen molar-refractivity contribution in [3.8, 4) is 5.75 Å². The molecule has 2 N–H and O–H groups in total. The minimum absolute atomic E-state index is 0. The summed E-state index contributed by atoms with van der Waals surface area (Å²) in [7, 11) is 1.76. The van der Waals surface area contributed by atoms with Crippen LogP contribution in [0.15, 0.2) is 53.5 Å². The Bertz CT molecular complexity index is 839. The van der Waals surface area contributed by atoms with Gasteiger partial charge in [0.15, 0.2) is 5.96 Å². The maximum Gasteiger partial charge on any atom is 0.222 e. The lowest BCUT2D eigenvalue weighted by Gasteiger charge is -2.16. The summed E-state index contributed by atoms with van der Waals surface area (Å²) in [6.07, 6.45) is 1.65. The van der Waals surface area contributed by atoms with Gasteiger partial charge in [0, 0.05) is 33.1 Å². The zero-order valence-corrected chi connectivity index (χ0v) is 20.0. The van der Waals surface area contributed by atoms with Crippen LogP contribution in [0.5, 0.6) is 5.75 Å². The van der Waals surface area contributed by atoms with E-state index in [4.69, 9.17) is 4.74 Å². The number of rotatable bonds is 8. The van der Waals surface area contributed by atoms with E-state index in [2.05, 4.69) is 40.7 Å². The van der Waals surface area contributed by atoms with Gasteiger partial charge in [0.2, 0.25) is 5.91 Å². The average molecular weight is 522 g/mol. The molecular weight excluding hydrogens is 491 g/mol. The molecule has 1 heterocycles. The number of nitrogens with zero attached hydrogens (tertiary/aromatic N) is 2. The molecule has 7 heteroatoms. The molecule has 1 saturated heterocycles. The van der Waals surface area contributed by atoms with Gasteiger partial charge in [0.25, 0.3) is 0 Å². The molecule has 0 unspecified atom stereocenters. The van der Waals surface area contributed by atoms with Crippen LogP contribution in [0.3, 0.4) is 0 Å². The number of nitrogens with one attached hydrogen (secondary N) is 2. The summed E-state index contributed by atoms with van der Waals surface area (Å²) in [6.45, 7) is 5.50. The van der Waals surface area contributed by atoms with E-state index in [1.165, 1.54) is 5.56 Å². The van der Waals surface area contributed by atoms with Gasteiger partial charge >= 0.3 is 0 Å². The van der Waals surface area contributed by atoms with Crippen molar-refractivity contribution < 1.29 is 9.53 Å². The minimum Gasteiger partial charge on any atom is -0.492 e. The summed E-state index contributed by atoms with van der Waals surface area (Å²) in [5.74, 6) is 1.86. The highest BCUT2D eigenvalue weighted by atomic mass is 127. The second kappa shape index (κ2) is 12.4. The summed E-state index contributed by atoms with van der Waals surface area (Å²) in [5.41, 5.74) is 3.54. The molecule has 2 aromatic rings. The maximum atomic E-state index is 11.8. The van der Waals surface area contributed by atoms with Gasteiger partial charge in [0.05, 0.1) is 6.54 Å². The summed E-state index contributed by atoms with van der Waals surface area (Å²) in [4.78, 5) is 18.0. The van der Waals surface area contributed by atoms with Crippen LogP contribution in [0.25, 0.3) is 0 Å². The van der Waals surface area contributed by atoms with Crippen molar-refractivity contribution in [3.63, 3.8) is 0 Å². The quantitative estimate of drug-likeness (QED) is 0.241. The number of hydrogen-bond acceptors (Lipinski definition) is 3. The molecule has 0 aromatic heterocycles. The van der Waals surface area contributed by atoms with Gasteiger partial charge in [-0.2, -0.15) is 0 Å². The maximum absolute atomic E-state index is 11.8. The smallest absolute Gasteiger partial charge is 0.222 e. The third-order valence-electron chi connectivity index (χ3n) is 4.90. The number of benzene rings is 2. The normalized spacial score (nSPS) is 13.7. The summed E-state index contributed by atoms with van der Waals surface area (Å²) in [6, 6.07) is 16.4. The molecule has 0 aliphatic carbocycles. The first-order valence-corrected chi connectivity index (χ1v) is 10.1. The number of aryl methyl sites for hydroxylation is 1. The van der Waals surface area contributed by atoms with Crippen molar-refractivity contribution in [2.24, 2.45) is 4.99 Å². The second-order valence-corrected chi connectivity index (χ2v) is 7.25. The van der Waals surface area contributed by atoms with Crippen LogP contribution in [0, 0.1) is 6.92 Å². The molecule has 3 rings (SSSR count). The number of likely N-dealkylation sites (tertiary alicyclic amines) is 1. The van der Waals surface area contributed by atoms with Crippen molar-refractivity contribution in [1.82, 2.24) is 15.5 Å². The Morgan fingerprint density at radius 1 is 1.13 bits per heavy atom. The predicted molar refractivity (Wildman–Crippen MR) is 131 cm³/mol. The largest absolute Gasteiger partial charge is 0.492 e. The highest BCUT2D eigenvalue weighted by Crippen LogP contribution is 2.15. The first-order valence-electron chi connectivity index (χ1n) is 10.1. The number of guanidine groups is 1. The Kier molecular flexibility index (Phi) is 9.93. The lowest BCUT2D eigenvalue weighted by molar-refractivity contribution is -0.128. The van der Waals surface area contributed by atoms with Crippen molar-refractivity contribution in [3.05, 3.63) is 65.2 Å². The number of hydrogen-bond donors (Lipinski definition) is 2. The molecule has 0 radical (unpaired) electrons. The van der Waals surface area contributed by atoms with E-state index in [1.807, 2.05) is 35.2 Å². The van der Waals surface area contributed by atoms with Gasteiger partial charge in [-0.05, 0) is 36.6 Å². The van der Waals surface area contributed by atoms with Crippen LogP contribution in [0.4, 0.5) is 0 Å². The molecule has 0 atom stereocenters. The highest BCUT2D eigenvalue weighted by Gasteiger charge is 2.19. The molecule has 30 heavy (non-hydrogen) atoms. The Labute approximate surface area is 196 Å². The average Bonchev–Trinajstić information content (AvgIpc) is 3.13. The van der Waals surface area contributed by atoms with Gasteiger partial charge in [-0.3, -0.25) is 9.79 Å². The Balaban J connectivity index is 0.00000320. The molecule has 1 fully saturated rings. The SMILES string of the molecule is CN=C(NCCOc1ccc(C)cc1)NCc1cccc(CN2CCCC2=O)c1.I. The molecule has 0 spiro atoms. The van der Waals surface area contributed by atoms with Crippen LogP contribution < -0.4 is 15.4 Å². The van der Waals surface area contributed by atoms with Gasteiger partial charge in [-0.15, -0.1) is 24.0 Å². The Hall–Kier alpha value is -2.29. The highest BCUT2D eigenvalue weighted by molar-refractivity contribution is 14.0. The lowest BCUT2D eigenvalue weighted by atomic mass is 10.1. The van der Waals surface area contributed by atoms with E-state index in [0.29, 0.717) is 32.7 Å². The standard InChI is InChI=1S/C23H30N4O2.HI/c1-18-8-10-21(11-9-18)29-14-12-25-23(24-2)26-16-19-5-3-6-20(15-19)17-27-13-4-7-22(27)28;/h3,5-6,8-11,15H,4,7,12-14,16-17H2,1-2H3,(H2,24,25,26);1H. The van der Waals surface area contributed by atoms with E-state index in [0.717, 1.165) is 35.8 Å². The number of aliphatic imine (C=N–C) groups is 1. The zero-order chi connectivity index (χ0) is 20.5. The molecule has 0 saturated carbocycles. The van der Waals surface area contributed by atoms with Gasteiger partial charge in [0.1, 0.15) is 12.4 Å². The number of ether oxygens (including phenoxy) is 1. The number of carbonyl (C=O) groups excluding carboxylic acids is 1. The number of carbonyl (C=O) groups is 1. The van der Waals surface area contributed by atoms with E-state index in [9.17, 15) is 4.79 Å². The van der Waals surface area contributed by atoms with Crippen LogP contribution in [-0.4, -0.2) is 43.5 Å². The van der Waals surface area contributed by atoms with Crippen LogP contribution in [0.2, 0.25) is 0 Å². The van der Waals surface area contributed by atoms with Crippen LogP contribution in [-0.2, 0) is 17.9 Å². The van der Waals surface area contributed by atoms with Crippen LogP contribution >= 0.6 is 24.0 Å². The Morgan fingerprint density at radius 3 is 2.60 bits per heavy atom. The lowest BCUT2D eigenvalue weighted by Crippen LogP contribution is -2.38. The molecule has 6 nitrogen and oxygen atoms in total. The Morgan fingerprint density at radius 2 is 1.90 bits per heavy atom. The summed E-state index contributed by atoms with van der Waals surface area (Å²) in [5, 5.41) is 6.59. The second-order valence-electron chi connectivity index (χ2n) is 7.25. The molecule has 1 aliphatic heterocycles. The monoisotopic (exact) mass is 522 g/mol. The van der Waals surface area contributed by atoms with Crippen molar-refractivity contribution in [2.45, 2.75) is 32.9 Å². The third-order valence-corrected chi connectivity index (χ3v) is 4.90. The number of amides is 1. The third kappa shape index (κ3) is 7.51.